The molecule has 0 fully saturated rings. The number of imidazole rings is 1. The molecular formula is C4H5N3O. The lowest BCUT2D eigenvalue weighted by atomic mass is 10.9. The molecule has 0 aromatic carbocycles. The van der Waals surface area contributed by atoms with E-state index in [4.69, 9.17) is 5.73 Å². The number of rotatable bonds is 1. The Bertz CT molecular complexity index is 193. The van der Waals surface area contributed by atoms with Gasteiger partial charge in [-0.2, -0.15) is 0 Å². The number of nitrogens with two attached hydrogens (primary N) is 1. The molecule has 0 aliphatic carbocycles. The second-order valence-electron chi connectivity index (χ2n) is 1.30. The summed E-state index contributed by atoms with van der Waals surface area (Å²) in [5, 5.41) is 0. The van der Waals surface area contributed by atoms with Crippen LogP contribution in [0.1, 0.15) is 0 Å². The fourth-order valence-corrected chi connectivity index (χ4v) is 0.414. The summed E-state index contributed by atoms with van der Waals surface area (Å²) in [5.74, 6) is 0.222. The van der Waals surface area contributed by atoms with Crippen molar-refractivity contribution in [2.24, 2.45) is 0 Å². The maximum atomic E-state index is 9.93. The Balaban J connectivity index is 3.09. The van der Waals surface area contributed by atoms with Gasteiger partial charge in [-0.05, 0) is 0 Å². The highest BCUT2D eigenvalue weighted by Crippen LogP contribution is 1.91. The highest BCUT2D eigenvalue weighted by molar-refractivity contribution is 5.56. The van der Waals surface area contributed by atoms with Gasteiger partial charge in [0.15, 0.2) is 0 Å². The van der Waals surface area contributed by atoms with E-state index in [9.17, 15) is 4.79 Å². The van der Waals surface area contributed by atoms with Gasteiger partial charge in [0.1, 0.15) is 0 Å². The smallest absolute Gasteiger partial charge is 0.220 e. The zero-order chi connectivity index (χ0) is 5.98. The topological polar surface area (TPSA) is 60.9 Å². The van der Waals surface area contributed by atoms with Crippen LogP contribution in [-0.4, -0.2) is 16.0 Å². The molecule has 1 aromatic rings. The van der Waals surface area contributed by atoms with Gasteiger partial charge in [-0.1, -0.05) is 0 Å². The zero-order valence-electron chi connectivity index (χ0n) is 4.11. The third kappa shape index (κ3) is 0.556. The lowest BCUT2D eigenvalue weighted by molar-refractivity contribution is 0.548. The Morgan fingerprint density at radius 1 is 1.88 bits per heavy atom. The Morgan fingerprint density at radius 3 is 2.88 bits per heavy atom. The van der Waals surface area contributed by atoms with E-state index in [1.165, 1.54) is 17.0 Å². The maximum absolute atomic E-state index is 9.93. The maximum Gasteiger partial charge on any atom is 0.220 e. The van der Waals surface area contributed by atoms with E-state index in [1.807, 2.05) is 0 Å². The SMILES string of the molecule is Nc1nccn1C=O. The van der Waals surface area contributed by atoms with Crippen LogP contribution in [0.15, 0.2) is 12.4 Å². The molecule has 1 rings (SSSR count). The van der Waals surface area contributed by atoms with Crippen molar-refractivity contribution in [3.63, 3.8) is 0 Å². The molecular weight excluding hydrogens is 106 g/mol. The normalized spacial score (nSPS) is 9.00. The predicted octanol–water partition coefficient (Wildman–Crippen LogP) is -0.496. The number of nitrogen functional groups attached to an aromatic ring is 1. The van der Waals surface area contributed by atoms with Gasteiger partial charge in [0.25, 0.3) is 0 Å². The molecule has 8 heavy (non-hydrogen) atoms. The third-order valence-electron chi connectivity index (χ3n) is 0.812. The van der Waals surface area contributed by atoms with Gasteiger partial charge in [0.2, 0.25) is 12.4 Å². The molecule has 0 aliphatic rings. The molecule has 1 heterocycles. The highest BCUT2D eigenvalue weighted by Gasteiger charge is 1.90. The minimum atomic E-state index is 0.222. The van der Waals surface area contributed by atoms with Crippen LogP contribution in [0.2, 0.25) is 0 Å². The van der Waals surface area contributed by atoms with Crippen molar-refractivity contribution in [1.82, 2.24) is 9.55 Å². The summed E-state index contributed by atoms with van der Waals surface area (Å²) in [6.45, 7) is 0. The first-order chi connectivity index (χ1) is 3.84. The largest absolute Gasteiger partial charge is 0.369 e. The van der Waals surface area contributed by atoms with E-state index in [0.29, 0.717) is 6.41 Å². The van der Waals surface area contributed by atoms with E-state index in [0.717, 1.165) is 0 Å². The molecule has 1 aromatic heterocycles. The standard InChI is InChI=1S/C4H5N3O/c5-4-6-1-2-7(4)3-8/h1-3H,(H2,5,6). The molecule has 0 aliphatic heterocycles. The average molecular weight is 111 g/mol. The van der Waals surface area contributed by atoms with E-state index >= 15 is 0 Å². The number of carbonyl (C=O) groups excluding carboxylic acids is 1. The molecule has 0 amide bonds. The summed E-state index contributed by atoms with van der Waals surface area (Å²) in [6.07, 6.45) is 3.55. The summed E-state index contributed by atoms with van der Waals surface area (Å²) in [7, 11) is 0. The second kappa shape index (κ2) is 1.65. The van der Waals surface area contributed by atoms with Crippen LogP contribution in [0.4, 0.5) is 5.95 Å². The van der Waals surface area contributed by atoms with E-state index < -0.39 is 0 Å². The summed E-state index contributed by atoms with van der Waals surface area (Å²) in [6, 6.07) is 0. The molecule has 0 saturated carbocycles. The van der Waals surface area contributed by atoms with Gasteiger partial charge >= 0.3 is 0 Å². The number of hydrogen-bond acceptors (Lipinski definition) is 3. The quantitative estimate of drug-likeness (QED) is 0.497. The van der Waals surface area contributed by atoms with Crippen LogP contribution in [0.25, 0.3) is 0 Å². The van der Waals surface area contributed by atoms with Gasteiger partial charge in [-0.3, -0.25) is 9.36 Å². The molecule has 0 saturated heterocycles. The molecule has 0 radical (unpaired) electrons. The molecule has 0 spiro atoms. The number of nitrogens with zero attached hydrogens (tertiary/aromatic N) is 2. The lowest BCUT2D eigenvalue weighted by Crippen LogP contribution is -1.99. The van der Waals surface area contributed by atoms with Crippen LogP contribution in [-0.2, 0) is 4.79 Å². The predicted molar refractivity (Wildman–Crippen MR) is 28.8 cm³/mol. The van der Waals surface area contributed by atoms with Gasteiger partial charge in [-0.15, -0.1) is 0 Å². The number of anilines is 1. The molecule has 0 unspecified atom stereocenters. The number of aromatic nitrogens is 2. The Kier molecular flexibility index (Phi) is 0.997. The Morgan fingerprint density at radius 2 is 2.62 bits per heavy atom. The van der Waals surface area contributed by atoms with Crippen molar-refractivity contribution >= 4 is 12.4 Å². The van der Waals surface area contributed by atoms with Crippen LogP contribution in [0.3, 0.4) is 0 Å². The van der Waals surface area contributed by atoms with E-state index in [1.54, 1.807) is 0 Å². The minimum Gasteiger partial charge on any atom is -0.369 e. The molecule has 4 nitrogen and oxygen atoms in total. The van der Waals surface area contributed by atoms with Gasteiger partial charge in [0, 0.05) is 12.4 Å². The Labute approximate surface area is 45.9 Å². The fraction of sp³-hybridized carbons (Fsp3) is 0. The van der Waals surface area contributed by atoms with Crippen molar-refractivity contribution in [2.75, 3.05) is 5.73 Å². The van der Waals surface area contributed by atoms with E-state index in [2.05, 4.69) is 4.98 Å². The van der Waals surface area contributed by atoms with Crippen molar-refractivity contribution in [2.45, 2.75) is 0 Å². The Hall–Kier alpha value is -1.32. The van der Waals surface area contributed by atoms with Crippen LogP contribution < -0.4 is 5.73 Å². The summed E-state index contributed by atoms with van der Waals surface area (Å²) < 4.78 is 1.19. The number of hydrogen-bond donors (Lipinski definition) is 1. The van der Waals surface area contributed by atoms with Crippen molar-refractivity contribution < 1.29 is 4.79 Å². The fourth-order valence-electron chi connectivity index (χ4n) is 0.414. The third-order valence-corrected chi connectivity index (χ3v) is 0.812. The van der Waals surface area contributed by atoms with Gasteiger partial charge in [0.05, 0.1) is 0 Å². The monoisotopic (exact) mass is 111 g/mol. The van der Waals surface area contributed by atoms with Crippen LogP contribution >= 0.6 is 0 Å². The van der Waals surface area contributed by atoms with Crippen molar-refractivity contribution in [1.29, 1.82) is 0 Å². The van der Waals surface area contributed by atoms with Gasteiger partial charge < -0.3 is 5.73 Å². The molecule has 0 atom stereocenters. The molecule has 4 heteroatoms. The summed E-state index contributed by atoms with van der Waals surface area (Å²) >= 11 is 0. The number of carbonyl (C=O) groups is 1. The van der Waals surface area contributed by atoms with Crippen molar-refractivity contribution in [3.05, 3.63) is 12.4 Å². The first kappa shape index (κ1) is 4.83. The lowest BCUT2D eigenvalue weighted by Gasteiger charge is -1.86. The summed E-state index contributed by atoms with van der Waals surface area (Å²) in [4.78, 5) is 13.5. The zero-order valence-corrected chi connectivity index (χ0v) is 4.11. The molecule has 2 N–H and O–H groups in total. The van der Waals surface area contributed by atoms with Crippen LogP contribution in [0, 0.1) is 0 Å². The second-order valence-corrected chi connectivity index (χ2v) is 1.30. The molecule has 42 valence electrons. The first-order valence-electron chi connectivity index (χ1n) is 2.08. The minimum absolute atomic E-state index is 0.222. The summed E-state index contributed by atoms with van der Waals surface area (Å²) in [5.41, 5.74) is 5.17. The van der Waals surface area contributed by atoms with Crippen molar-refractivity contribution in [3.8, 4) is 0 Å². The van der Waals surface area contributed by atoms with Crippen LogP contribution in [0.5, 0.6) is 0 Å². The van der Waals surface area contributed by atoms with E-state index in [-0.39, 0.29) is 5.95 Å². The van der Waals surface area contributed by atoms with Gasteiger partial charge in [-0.25, -0.2) is 4.98 Å². The highest BCUT2D eigenvalue weighted by atomic mass is 16.1. The average Bonchev–Trinajstić information content (AvgIpc) is 2.14. The molecule has 0 bridgehead atoms. The first-order valence-corrected chi connectivity index (χ1v) is 2.08.